The lowest BCUT2D eigenvalue weighted by atomic mass is 9.70. The number of nitrogens with zero attached hydrogens (tertiary/aromatic N) is 1. The zero-order chi connectivity index (χ0) is 24.9. The molecule has 2 aromatic rings. The van der Waals surface area contributed by atoms with Gasteiger partial charge in [-0.25, -0.2) is 0 Å². The lowest BCUT2D eigenvalue weighted by molar-refractivity contribution is -0.155. The number of hydrogen-bond acceptors (Lipinski definition) is 6. The van der Waals surface area contributed by atoms with Gasteiger partial charge in [0.05, 0.1) is 37.2 Å². The normalized spacial score (nSPS) is 30.1. The maximum atomic E-state index is 13.9. The molecule has 2 aromatic carbocycles. The Morgan fingerprint density at radius 3 is 2.66 bits per heavy atom. The van der Waals surface area contributed by atoms with Gasteiger partial charge in [0.15, 0.2) is 0 Å². The number of aliphatic hydroxyl groups is 1. The predicted molar refractivity (Wildman–Crippen MR) is 129 cm³/mol. The Hall–Kier alpha value is -2.97. The molecule has 2 amide bonds. The van der Waals surface area contributed by atoms with Crippen LogP contribution in [0.4, 0.5) is 5.69 Å². The summed E-state index contributed by atoms with van der Waals surface area (Å²) < 4.78 is 11.7. The molecule has 5 rings (SSSR count). The Morgan fingerprint density at radius 1 is 1.23 bits per heavy atom. The second-order valence-corrected chi connectivity index (χ2v) is 10.1. The van der Waals surface area contributed by atoms with E-state index in [9.17, 15) is 19.5 Å². The molecule has 2 bridgehead atoms. The molecule has 8 nitrogen and oxygen atoms in total. The van der Waals surface area contributed by atoms with E-state index < -0.39 is 41.6 Å². The number of fused-ring (bicyclic) bond motifs is 2. The first kappa shape index (κ1) is 23.8. The highest BCUT2D eigenvalue weighted by molar-refractivity contribution is 6.04. The second-order valence-electron chi connectivity index (χ2n) is 10.1. The van der Waals surface area contributed by atoms with Gasteiger partial charge in [-0.1, -0.05) is 44.2 Å². The van der Waals surface area contributed by atoms with E-state index in [2.05, 4.69) is 5.32 Å². The number of carbonyl (C=O) groups excluding carboxylic acids is 3. The Morgan fingerprint density at radius 2 is 1.97 bits per heavy atom. The van der Waals surface area contributed by atoms with E-state index in [4.69, 9.17) is 9.47 Å². The van der Waals surface area contributed by atoms with E-state index in [0.717, 1.165) is 10.8 Å². The summed E-state index contributed by atoms with van der Waals surface area (Å²) in [5, 5.41) is 15.2. The number of benzene rings is 2. The fraction of sp³-hybridized carbons (Fsp3) is 0.519. The minimum atomic E-state index is -1.12. The highest BCUT2D eigenvalue weighted by Gasteiger charge is 2.75. The summed E-state index contributed by atoms with van der Waals surface area (Å²) in [6, 6.07) is 12.0. The van der Waals surface area contributed by atoms with Gasteiger partial charge in [-0.05, 0) is 48.6 Å². The molecule has 3 fully saturated rings. The van der Waals surface area contributed by atoms with Crippen LogP contribution in [0.15, 0.2) is 42.5 Å². The molecule has 35 heavy (non-hydrogen) atoms. The Bertz CT molecular complexity index is 1170. The maximum absolute atomic E-state index is 13.9. The number of nitrogens with one attached hydrogen (secondary N) is 1. The number of carbonyl (C=O) groups is 3. The van der Waals surface area contributed by atoms with E-state index in [1.54, 1.807) is 6.92 Å². The molecule has 1 spiro atoms. The third kappa shape index (κ3) is 3.62. The van der Waals surface area contributed by atoms with Gasteiger partial charge in [0.25, 0.3) is 0 Å². The predicted octanol–water partition coefficient (Wildman–Crippen LogP) is 2.73. The van der Waals surface area contributed by atoms with Crippen LogP contribution in [0.2, 0.25) is 0 Å². The number of amides is 2. The summed E-state index contributed by atoms with van der Waals surface area (Å²) in [6.07, 6.45) is 0.617. The lowest BCUT2D eigenvalue weighted by Crippen LogP contribution is -2.57. The molecule has 0 radical (unpaired) electrons. The minimum Gasteiger partial charge on any atom is -0.466 e. The molecule has 3 heterocycles. The second kappa shape index (κ2) is 8.91. The fourth-order valence-corrected chi connectivity index (χ4v) is 6.35. The van der Waals surface area contributed by atoms with Crippen molar-refractivity contribution in [3.63, 3.8) is 0 Å². The number of rotatable bonds is 7. The minimum absolute atomic E-state index is 0.103. The Balaban J connectivity index is 1.54. The number of esters is 1. The average Bonchev–Trinajstić information content (AvgIpc) is 3.47. The molecule has 2 N–H and O–H groups in total. The highest BCUT2D eigenvalue weighted by Crippen LogP contribution is 2.59. The molecule has 8 heteroatoms. The molecule has 0 aliphatic carbocycles. The highest BCUT2D eigenvalue weighted by atomic mass is 16.6. The van der Waals surface area contributed by atoms with Crippen molar-refractivity contribution in [3.8, 4) is 0 Å². The first-order valence-corrected chi connectivity index (χ1v) is 12.4. The van der Waals surface area contributed by atoms with Crippen LogP contribution < -0.4 is 5.32 Å². The monoisotopic (exact) mass is 480 g/mol. The smallest absolute Gasteiger partial charge is 0.312 e. The molecule has 0 aromatic heterocycles. The maximum Gasteiger partial charge on any atom is 0.312 e. The Labute approximate surface area is 204 Å². The first-order chi connectivity index (χ1) is 16.8. The molecule has 0 saturated carbocycles. The van der Waals surface area contributed by atoms with Gasteiger partial charge < -0.3 is 24.8 Å². The topological polar surface area (TPSA) is 105 Å². The summed E-state index contributed by atoms with van der Waals surface area (Å²) in [5.41, 5.74) is -0.511. The molecule has 2 unspecified atom stereocenters. The van der Waals surface area contributed by atoms with Gasteiger partial charge in [-0.3, -0.25) is 14.4 Å². The van der Waals surface area contributed by atoms with Crippen LogP contribution >= 0.6 is 0 Å². The van der Waals surface area contributed by atoms with Crippen molar-refractivity contribution in [1.82, 2.24) is 4.90 Å². The summed E-state index contributed by atoms with van der Waals surface area (Å²) in [4.78, 5) is 42.1. The van der Waals surface area contributed by atoms with Gasteiger partial charge in [-0.2, -0.15) is 0 Å². The lowest BCUT2D eigenvalue weighted by Gasteiger charge is -2.38. The van der Waals surface area contributed by atoms with Crippen molar-refractivity contribution in [2.24, 2.45) is 17.8 Å². The van der Waals surface area contributed by atoms with Crippen LogP contribution in [-0.2, 0) is 23.9 Å². The standard InChI is InChI=1S/C27H32N2O6/c1-4-34-26(33)21-20-11-12-27(35-20)22(21)25(32)29(19(14-30)15(2)3)23(27)24(31)28-18-10-9-16-7-5-6-8-17(16)13-18/h5-10,13,15,19-23,30H,4,11-12,14H2,1-3H3,(H,28,31)/t19-,20-,21+,22-,23?,27?/m0/s1. The van der Waals surface area contributed by atoms with Crippen molar-refractivity contribution in [2.75, 3.05) is 18.5 Å². The molecule has 3 aliphatic rings. The Kier molecular flexibility index (Phi) is 6.05. The summed E-state index contributed by atoms with van der Waals surface area (Å²) in [7, 11) is 0. The van der Waals surface area contributed by atoms with Gasteiger partial charge in [-0.15, -0.1) is 0 Å². The SMILES string of the molecule is CCOC(=O)[C@@H]1[C@@H]2CCC3(O2)C(C(=O)Nc2ccc4ccccc4c2)N([C@@H](CO)C(C)C)C(=O)[C@H]13. The third-order valence-electron chi connectivity index (χ3n) is 7.88. The van der Waals surface area contributed by atoms with Crippen molar-refractivity contribution in [3.05, 3.63) is 42.5 Å². The summed E-state index contributed by atoms with van der Waals surface area (Å²) in [6.45, 7) is 5.44. The zero-order valence-corrected chi connectivity index (χ0v) is 20.3. The van der Waals surface area contributed by atoms with Crippen molar-refractivity contribution < 1.29 is 29.0 Å². The van der Waals surface area contributed by atoms with Gasteiger partial charge in [0.2, 0.25) is 11.8 Å². The van der Waals surface area contributed by atoms with Crippen LogP contribution in [0, 0.1) is 17.8 Å². The molecule has 3 aliphatic heterocycles. The number of likely N-dealkylation sites (tertiary alicyclic amines) is 1. The largest absolute Gasteiger partial charge is 0.466 e. The van der Waals surface area contributed by atoms with Crippen molar-refractivity contribution in [1.29, 1.82) is 0 Å². The van der Waals surface area contributed by atoms with E-state index in [1.807, 2.05) is 56.3 Å². The van der Waals surface area contributed by atoms with Crippen molar-refractivity contribution >= 4 is 34.2 Å². The molecule has 3 saturated heterocycles. The van der Waals surface area contributed by atoms with E-state index >= 15 is 0 Å². The average molecular weight is 481 g/mol. The zero-order valence-electron chi connectivity index (χ0n) is 20.3. The number of hydrogen-bond donors (Lipinski definition) is 2. The number of anilines is 1. The summed E-state index contributed by atoms with van der Waals surface area (Å²) in [5.74, 6) is -2.81. The quantitative estimate of drug-likeness (QED) is 0.591. The van der Waals surface area contributed by atoms with Crippen LogP contribution in [0.3, 0.4) is 0 Å². The van der Waals surface area contributed by atoms with Gasteiger partial charge in [0.1, 0.15) is 11.6 Å². The number of aliphatic hydroxyl groups excluding tert-OH is 1. The molecule has 186 valence electrons. The van der Waals surface area contributed by atoms with Gasteiger partial charge in [0, 0.05) is 5.69 Å². The molecular weight excluding hydrogens is 448 g/mol. The van der Waals surface area contributed by atoms with Gasteiger partial charge >= 0.3 is 5.97 Å². The first-order valence-electron chi connectivity index (χ1n) is 12.4. The number of ether oxygens (including phenoxy) is 2. The third-order valence-corrected chi connectivity index (χ3v) is 7.88. The fourth-order valence-electron chi connectivity index (χ4n) is 6.35. The van der Waals surface area contributed by atoms with Crippen molar-refractivity contribution in [2.45, 2.75) is 57.4 Å². The van der Waals surface area contributed by atoms with Crippen LogP contribution in [0.1, 0.15) is 33.6 Å². The molecular formula is C27H32N2O6. The van der Waals surface area contributed by atoms with Crippen LogP contribution in [0.5, 0.6) is 0 Å². The van der Waals surface area contributed by atoms with E-state index in [-0.39, 0.29) is 30.9 Å². The van der Waals surface area contributed by atoms with E-state index in [1.165, 1.54) is 4.90 Å². The molecule has 6 atom stereocenters. The van der Waals surface area contributed by atoms with E-state index in [0.29, 0.717) is 18.5 Å². The van der Waals surface area contributed by atoms with Crippen LogP contribution in [0.25, 0.3) is 10.8 Å². The summed E-state index contributed by atoms with van der Waals surface area (Å²) >= 11 is 0. The van der Waals surface area contributed by atoms with Crippen LogP contribution in [-0.4, -0.2) is 64.8 Å².